The number of nitrogens with one attached hydrogen (secondary N) is 1. The van der Waals surface area contributed by atoms with E-state index in [0.717, 1.165) is 33.6 Å². The minimum Gasteiger partial charge on any atom is -0.373 e. The van der Waals surface area contributed by atoms with Crippen LogP contribution in [0.5, 0.6) is 0 Å². The molecule has 6 heteroatoms. The second-order valence-corrected chi connectivity index (χ2v) is 9.75. The topological polar surface area (TPSA) is 57.6 Å². The molecule has 0 saturated carbocycles. The lowest BCUT2D eigenvalue weighted by Crippen LogP contribution is -2.39. The monoisotopic (exact) mass is 480 g/mol. The fraction of sp³-hybridized carbons (Fsp3) is 0.267. The van der Waals surface area contributed by atoms with E-state index >= 15 is 0 Å². The number of hydrogen-bond donors (Lipinski definition) is 1. The van der Waals surface area contributed by atoms with Gasteiger partial charge in [-0.3, -0.25) is 9.59 Å². The molecule has 1 N–H and O–H groups in total. The number of carbonyl (C=O) groups excluding carboxylic acids is 2. The number of benzene rings is 3. The van der Waals surface area contributed by atoms with Gasteiger partial charge in [-0.15, -0.1) is 0 Å². The summed E-state index contributed by atoms with van der Waals surface area (Å²) < 4.78 is 2.14. The summed E-state index contributed by atoms with van der Waals surface area (Å²) in [6.45, 7) is 1.06. The number of likely N-dealkylation sites (N-methyl/N-ethyl adjacent to an activating group) is 2. The second-order valence-electron chi connectivity index (χ2n) is 9.75. The second kappa shape index (κ2) is 9.90. The van der Waals surface area contributed by atoms with Crippen LogP contribution in [0.3, 0.4) is 0 Å². The maximum Gasteiger partial charge on any atom is 0.245 e. The lowest BCUT2D eigenvalue weighted by Gasteiger charge is -2.20. The molecule has 6 nitrogen and oxygen atoms in total. The number of nitrogens with zero attached hydrogens (tertiary/aromatic N) is 3. The molecule has 4 aromatic rings. The molecule has 5 rings (SSSR count). The fourth-order valence-electron chi connectivity index (χ4n) is 5.00. The zero-order valence-corrected chi connectivity index (χ0v) is 21.1. The van der Waals surface area contributed by atoms with Crippen molar-refractivity contribution in [2.75, 3.05) is 19.4 Å². The highest BCUT2D eigenvalue weighted by atomic mass is 16.2. The average molecular weight is 481 g/mol. The summed E-state index contributed by atoms with van der Waals surface area (Å²) in [5.41, 5.74) is 6.32. The van der Waals surface area contributed by atoms with E-state index in [0.29, 0.717) is 25.9 Å². The van der Waals surface area contributed by atoms with Crippen molar-refractivity contribution in [2.24, 2.45) is 7.05 Å². The van der Waals surface area contributed by atoms with Gasteiger partial charge in [-0.25, -0.2) is 0 Å². The maximum absolute atomic E-state index is 13.1. The fourth-order valence-corrected chi connectivity index (χ4v) is 5.00. The Bertz CT molecular complexity index is 1410. The van der Waals surface area contributed by atoms with Gasteiger partial charge in [0.25, 0.3) is 0 Å². The number of para-hydroxylation sites is 1. The van der Waals surface area contributed by atoms with Crippen molar-refractivity contribution < 1.29 is 9.59 Å². The molecule has 184 valence electrons. The molecule has 36 heavy (non-hydrogen) atoms. The van der Waals surface area contributed by atoms with Crippen LogP contribution in [0.4, 0.5) is 5.69 Å². The molecule has 0 spiro atoms. The third-order valence-corrected chi connectivity index (χ3v) is 7.10. The molecule has 2 amide bonds. The minimum absolute atomic E-state index is 0.0631. The number of aryl methyl sites for hydroxylation is 1. The van der Waals surface area contributed by atoms with Crippen molar-refractivity contribution in [3.8, 4) is 0 Å². The van der Waals surface area contributed by atoms with Gasteiger partial charge in [0.05, 0.1) is 13.0 Å². The van der Waals surface area contributed by atoms with Crippen LogP contribution in [0, 0.1) is 0 Å². The standard InChI is InChI=1S/C30H32N4O2/c1-32(20-25-18-23-11-7-8-12-28(23)34(25)3)29(35)17-22-13-14-26-24(15-22)19-33(2)30(36)27(31-26)16-21-9-5-4-6-10-21/h4-15,18,27,31H,16-17,19-20H2,1-3H3/t27-/m1/s1. The number of fused-ring (bicyclic) bond motifs is 2. The van der Waals surface area contributed by atoms with E-state index < -0.39 is 0 Å². The largest absolute Gasteiger partial charge is 0.373 e. The summed E-state index contributed by atoms with van der Waals surface area (Å²) in [6, 6.07) is 26.2. The summed E-state index contributed by atoms with van der Waals surface area (Å²) in [5, 5.41) is 4.63. The third-order valence-electron chi connectivity index (χ3n) is 7.10. The zero-order valence-electron chi connectivity index (χ0n) is 21.1. The molecule has 0 saturated heterocycles. The van der Waals surface area contributed by atoms with E-state index in [9.17, 15) is 9.59 Å². The van der Waals surface area contributed by atoms with Crippen LogP contribution in [0.25, 0.3) is 10.9 Å². The van der Waals surface area contributed by atoms with Crippen molar-refractivity contribution in [3.63, 3.8) is 0 Å². The molecule has 3 aromatic carbocycles. The molecule has 0 fully saturated rings. The van der Waals surface area contributed by atoms with Gasteiger partial charge in [-0.1, -0.05) is 60.7 Å². The Morgan fingerprint density at radius 2 is 1.72 bits per heavy atom. The SMILES string of the molecule is CN(Cc1cc2ccccc2n1C)C(=O)Cc1ccc2c(c1)CN(C)C(=O)[C@@H](Cc1ccccc1)N2. The molecular formula is C30H32N4O2. The molecule has 1 aliphatic heterocycles. The van der Waals surface area contributed by atoms with Gasteiger partial charge in [0.1, 0.15) is 6.04 Å². The van der Waals surface area contributed by atoms with Gasteiger partial charge in [-0.2, -0.15) is 0 Å². The smallest absolute Gasteiger partial charge is 0.245 e. The highest BCUT2D eigenvalue weighted by molar-refractivity contribution is 5.87. The first kappa shape index (κ1) is 23.7. The van der Waals surface area contributed by atoms with Gasteiger partial charge in [0.15, 0.2) is 0 Å². The van der Waals surface area contributed by atoms with Crippen molar-refractivity contribution in [2.45, 2.75) is 32.0 Å². The van der Waals surface area contributed by atoms with E-state index in [1.54, 1.807) is 9.80 Å². The van der Waals surface area contributed by atoms with E-state index in [1.807, 2.05) is 75.7 Å². The van der Waals surface area contributed by atoms with Gasteiger partial charge in [0, 0.05) is 51.0 Å². The van der Waals surface area contributed by atoms with Crippen LogP contribution in [0.15, 0.2) is 78.9 Å². The highest BCUT2D eigenvalue weighted by Gasteiger charge is 2.27. The summed E-state index contributed by atoms with van der Waals surface area (Å²) >= 11 is 0. The summed E-state index contributed by atoms with van der Waals surface area (Å²) in [6.07, 6.45) is 0.946. The predicted octanol–water partition coefficient (Wildman–Crippen LogP) is 4.37. The number of anilines is 1. The van der Waals surface area contributed by atoms with E-state index in [-0.39, 0.29) is 17.9 Å². The lowest BCUT2D eigenvalue weighted by molar-refractivity contribution is -0.131. The molecule has 0 bridgehead atoms. The molecule has 1 aliphatic rings. The summed E-state index contributed by atoms with van der Waals surface area (Å²) in [4.78, 5) is 29.7. The Hall–Kier alpha value is -4.06. The van der Waals surface area contributed by atoms with E-state index in [1.165, 1.54) is 5.39 Å². The van der Waals surface area contributed by atoms with Crippen molar-refractivity contribution in [1.82, 2.24) is 14.4 Å². The number of hydrogen-bond acceptors (Lipinski definition) is 3. The Labute approximate surface area is 212 Å². The first-order valence-corrected chi connectivity index (χ1v) is 12.3. The zero-order chi connectivity index (χ0) is 25.2. The molecule has 0 aliphatic carbocycles. The van der Waals surface area contributed by atoms with Crippen LogP contribution in [-0.2, 0) is 42.6 Å². The van der Waals surface area contributed by atoms with Crippen LogP contribution in [0.2, 0.25) is 0 Å². The van der Waals surface area contributed by atoms with Gasteiger partial charge in [0.2, 0.25) is 11.8 Å². The maximum atomic E-state index is 13.1. The molecule has 0 radical (unpaired) electrons. The van der Waals surface area contributed by atoms with Gasteiger partial charge in [-0.05, 0) is 40.3 Å². The average Bonchev–Trinajstić information content (AvgIpc) is 3.14. The molecule has 1 atom stereocenters. The van der Waals surface area contributed by atoms with Crippen LogP contribution < -0.4 is 5.32 Å². The van der Waals surface area contributed by atoms with Crippen LogP contribution in [0.1, 0.15) is 22.4 Å². The quantitative estimate of drug-likeness (QED) is 0.446. The first-order chi connectivity index (χ1) is 17.4. The Balaban J connectivity index is 1.29. The molecule has 0 unspecified atom stereocenters. The van der Waals surface area contributed by atoms with Crippen LogP contribution in [-0.4, -0.2) is 46.3 Å². The molecule has 1 aromatic heterocycles. The van der Waals surface area contributed by atoms with Crippen molar-refractivity contribution >= 4 is 28.4 Å². The summed E-state index contributed by atoms with van der Waals surface area (Å²) in [5.74, 6) is 0.135. The highest BCUT2D eigenvalue weighted by Crippen LogP contribution is 2.26. The number of rotatable bonds is 6. The van der Waals surface area contributed by atoms with Crippen molar-refractivity contribution in [3.05, 3.63) is 101 Å². The Morgan fingerprint density at radius 3 is 2.50 bits per heavy atom. The number of amides is 2. The van der Waals surface area contributed by atoms with Crippen molar-refractivity contribution in [1.29, 1.82) is 0 Å². The Morgan fingerprint density at radius 1 is 0.972 bits per heavy atom. The van der Waals surface area contributed by atoms with E-state index in [2.05, 4.69) is 34.1 Å². The van der Waals surface area contributed by atoms with Gasteiger partial charge < -0.3 is 19.7 Å². The summed E-state index contributed by atoms with van der Waals surface area (Å²) in [7, 11) is 5.73. The lowest BCUT2D eigenvalue weighted by atomic mass is 10.0. The first-order valence-electron chi connectivity index (χ1n) is 12.3. The normalized spacial score (nSPS) is 15.4. The van der Waals surface area contributed by atoms with Gasteiger partial charge >= 0.3 is 0 Å². The molecular weight excluding hydrogens is 448 g/mol. The number of aromatic nitrogens is 1. The third kappa shape index (κ3) is 4.85. The van der Waals surface area contributed by atoms with E-state index in [4.69, 9.17) is 0 Å². The van der Waals surface area contributed by atoms with Crippen LogP contribution >= 0.6 is 0 Å². The molecule has 2 heterocycles. The Kier molecular flexibility index (Phi) is 6.51. The minimum atomic E-state index is -0.321. The number of carbonyl (C=O) groups is 2. The predicted molar refractivity (Wildman–Crippen MR) is 144 cm³/mol.